The number of halogens is 1. The van der Waals surface area contributed by atoms with Crippen LogP contribution in [0.3, 0.4) is 0 Å². The molecule has 0 spiro atoms. The second kappa shape index (κ2) is 4.93. The molecule has 0 bridgehead atoms. The van der Waals surface area contributed by atoms with Crippen molar-refractivity contribution in [1.29, 1.82) is 0 Å². The Labute approximate surface area is 107 Å². The first-order valence-electron chi connectivity index (χ1n) is 5.37. The van der Waals surface area contributed by atoms with Crippen LogP contribution in [0.1, 0.15) is 26.5 Å². The van der Waals surface area contributed by atoms with Gasteiger partial charge in [0.1, 0.15) is 5.82 Å². The maximum Gasteiger partial charge on any atom is 0.338 e. The van der Waals surface area contributed by atoms with E-state index in [2.05, 4.69) is 5.32 Å². The Morgan fingerprint density at radius 2 is 2.05 bits per heavy atom. The fourth-order valence-corrected chi connectivity index (χ4v) is 1.56. The fourth-order valence-electron chi connectivity index (χ4n) is 1.56. The highest BCUT2D eigenvalue weighted by Crippen LogP contribution is 2.17. The predicted molar refractivity (Wildman–Crippen MR) is 64.8 cm³/mol. The number of aromatic carboxylic acids is 1. The van der Waals surface area contributed by atoms with Crippen molar-refractivity contribution in [2.24, 2.45) is 0 Å². The minimum Gasteiger partial charge on any atom is -0.478 e. The van der Waals surface area contributed by atoms with Crippen molar-refractivity contribution in [3.05, 3.63) is 53.2 Å². The van der Waals surface area contributed by atoms with Crippen LogP contribution in [-0.4, -0.2) is 17.0 Å². The lowest BCUT2D eigenvalue weighted by atomic mass is 10.2. The summed E-state index contributed by atoms with van der Waals surface area (Å²) in [5.74, 6) is -2.66. The average Bonchev–Trinajstić information content (AvgIpc) is 2.77. The molecule has 0 saturated heterocycles. The summed E-state index contributed by atoms with van der Waals surface area (Å²) in [5.41, 5.74) is 0.326. The molecule has 0 fully saturated rings. The first kappa shape index (κ1) is 12.8. The smallest absolute Gasteiger partial charge is 0.338 e. The van der Waals surface area contributed by atoms with Crippen LogP contribution in [0.15, 0.2) is 34.9 Å². The van der Waals surface area contributed by atoms with Gasteiger partial charge in [-0.2, -0.15) is 0 Å². The number of benzene rings is 1. The van der Waals surface area contributed by atoms with E-state index in [0.29, 0.717) is 5.56 Å². The van der Waals surface area contributed by atoms with Crippen molar-refractivity contribution in [3.8, 4) is 0 Å². The van der Waals surface area contributed by atoms with Gasteiger partial charge in [-0.3, -0.25) is 4.79 Å². The quantitative estimate of drug-likeness (QED) is 0.892. The second-order valence-corrected chi connectivity index (χ2v) is 3.89. The lowest BCUT2D eigenvalue weighted by Gasteiger charge is -2.05. The molecule has 0 saturated carbocycles. The molecule has 0 aliphatic carbocycles. The van der Waals surface area contributed by atoms with E-state index < -0.39 is 23.3 Å². The first-order chi connectivity index (χ1) is 8.99. The van der Waals surface area contributed by atoms with Crippen molar-refractivity contribution in [2.75, 3.05) is 5.32 Å². The van der Waals surface area contributed by atoms with E-state index in [9.17, 15) is 14.0 Å². The molecule has 0 aliphatic rings. The molecule has 2 rings (SSSR count). The standard InChI is InChI=1S/C13H10FNO4/c1-7-4-5-19-11(7)12(16)15-8-2-3-10(14)9(6-8)13(17)18/h2-6H,1H3,(H,15,16)(H,17,18). The van der Waals surface area contributed by atoms with Crippen LogP contribution < -0.4 is 5.32 Å². The van der Waals surface area contributed by atoms with Gasteiger partial charge in [0.25, 0.3) is 5.91 Å². The highest BCUT2D eigenvalue weighted by molar-refractivity contribution is 6.03. The van der Waals surface area contributed by atoms with Crippen LogP contribution in [0.4, 0.5) is 10.1 Å². The van der Waals surface area contributed by atoms with Crippen molar-refractivity contribution in [1.82, 2.24) is 0 Å². The maximum atomic E-state index is 13.2. The molecule has 2 aromatic rings. The summed E-state index contributed by atoms with van der Waals surface area (Å²) in [4.78, 5) is 22.6. The van der Waals surface area contributed by atoms with E-state index in [0.717, 1.165) is 12.1 Å². The lowest BCUT2D eigenvalue weighted by Crippen LogP contribution is -2.13. The molecule has 98 valence electrons. The summed E-state index contributed by atoms with van der Waals surface area (Å²) in [6.45, 7) is 1.70. The molecule has 5 nitrogen and oxygen atoms in total. The van der Waals surface area contributed by atoms with Gasteiger partial charge < -0.3 is 14.8 Å². The molecule has 0 radical (unpaired) electrons. The van der Waals surface area contributed by atoms with Crippen LogP contribution in [0, 0.1) is 12.7 Å². The number of carboxylic acid groups (broad SMARTS) is 1. The largest absolute Gasteiger partial charge is 0.478 e. The SMILES string of the molecule is Cc1ccoc1C(=O)Nc1ccc(F)c(C(=O)O)c1. The first-order valence-corrected chi connectivity index (χ1v) is 5.37. The highest BCUT2D eigenvalue weighted by atomic mass is 19.1. The number of amides is 1. The Bertz CT molecular complexity index is 648. The van der Waals surface area contributed by atoms with Crippen LogP contribution in [0.2, 0.25) is 0 Å². The van der Waals surface area contributed by atoms with Crippen molar-refractivity contribution in [2.45, 2.75) is 6.92 Å². The molecule has 1 aromatic heterocycles. The van der Waals surface area contributed by atoms with Gasteiger partial charge in [0.05, 0.1) is 11.8 Å². The third-order valence-electron chi connectivity index (χ3n) is 2.52. The zero-order valence-corrected chi connectivity index (χ0v) is 9.94. The number of carboxylic acids is 1. The number of hydrogen-bond donors (Lipinski definition) is 2. The summed E-state index contributed by atoms with van der Waals surface area (Å²) in [6.07, 6.45) is 1.37. The summed E-state index contributed by atoms with van der Waals surface area (Å²) < 4.78 is 18.2. The van der Waals surface area contributed by atoms with Gasteiger partial charge in [-0.15, -0.1) is 0 Å². The van der Waals surface area contributed by atoms with E-state index in [1.54, 1.807) is 13.0 Å². The number of furan rings is 1. The Kier molecular flexibility index (Phi) is 3.33. The molecule has 0 atom stereocenters. The number of nitrogens with one attached hydrogen (secondary N) is 1. The Balaban J connectivity index is 2.25. The number of carbonyl (C=O) groups excluding carboxylic acids is 1. The van der Waals surface area contributed by atoms with Gasteiger partial charge in [-0.05, 0) is 31.2 Å². The molecular formula is C13H10FNO4. The third kappa shape index (κ3) is 2.62. The molecule has 1 aromatic carbocycles. The van der Waals surface area contributed by atoms with Crippen molar-refractivity contribution < 1.29 is 23.5 Å². The molecule has 1 amide bonds. The Morgan fingerprint density at radius 1 is 1.32 bits per heavy atom. The average molecular weight is 263 g/mol. The molecular weight excluding hydrogens is 253 g/mol. The maximum absolute atomic E-state index is 13.2. The topological polar surface area (TPSA) is 79.5 Å². The number of anilines is 1. The van der Waals surface area contributed by atoms with E-state index in [1.807, 2.05) is 0 Å². The van der Waals surface area contributed by atoms with Crippen LogP contribution in [-0.2, 0) is 0 Å². The Hall–Kier alpha value is -2.63. The van der Waals surface area contributed by atoms with Crippen LogP contribution >= 0.6 is 0 Å². The number of hydrogen-bond acceptors (Lipinski definition) is 3. The highest BCUT2D eigenvalue weighted by Gasteiger charge is 2.15. The van der Waals surface area contributed by atoms with Crippen LogP contribution in [0.5, 0.6) is 0 Å². The summed E-state index contributed by atoms with van der Waals surface area (Å²) in [5, 5.41) is 11.2. The van der Waals surface area contributed by atoms with Crippen molar-refractivity contribution in [3.63, 3.8) is 0 Å². The number of aryl methyl sites for hydroxylation is 1. The minimum atomic E-state index is -1.40. The van der Waals surface area contributed by atoms with Gasteiger partial charge in [-0.1, -0.05) is 0 Å². The summed E-state index contributed by atoms with van der Waals surface area (Å²) in [6, 6.07) is 4.93. The third-order valence-corrected chi connectivity index (χ3v) is 2.52. The normalized spacial score (nSPS) is 10.2. The second-order valence-electron chi connectivity index (χ2n) is 3.89. The zero-order valence-electron chi connectivity index (χ0n) is 9.94. The molecule has 1 heterocycles. The van der Waals surface area contributed by atoms with Gasteiger partial charge in [0, 0.05) is 11.3 Å². The predicted octanol–water partition coefficient (Wildman–Crippen LogP) is 2.68. The molecule has 19 heavy (non-hydrogen) atoms. The zero-order chi connectivity index (χ0) is 14.0. The molecule has 0 unspecified atom stereocenters. The van der Waals surface area contributed by atoms with Crippen LogP contribution in [0.25, 0.3) is 0 Å². The minimum absolute atomic E-state index is 0.126. The Morgan fingerprint density at radius 3 is 2.63 bits per heavy atom. The number of carbonyl (C=O) groups is 2. The summed E-state index contributed by atoms with van der Waals surface area (Å²) >= 11 is 0. The van der Waals surface area contributed by atoms with E-state index in [4.69, 9.17) is 9.52 Å². The van der Waals surface area contributed by atoms with Gasteiger partial charge >= 0.3 is 5.97 Å². The van der Waals surface area contributed by atoms with E-state index >= 15 is 0 Å². The van der Waals surface area contributed by atoms with E-state index in [1.165, 1.54) is 12.3 Å². The lowest BCUT2D eigenvalue weighted by molar-refractivity contribution is 0.0691. The van der Waals surface area contributed by atoms with Gasteiger partial charge in [0.2, 0.25) is 0 Å². The number of rotatable bonds is 3. The van der Waals surface area contributed by atoms with Gasteiger partial charge in [-0.25, -0.2) is 9.18 Å². The molecule has 0 aliphatic heterocycles. The molecule has 2 N–H and O–H groups in total. The van der Waals surface area contributed by atoms with E-state index in [-0.39, 0.29) is 11.4 Å². The molecule has 6 heteroatoms. The summed E-state index contributed by atoms with van der Waals surface area (Å²) in [7, 11) is 0. The monoisotopic (exact) mass is 263 g/mol. The van der Waals surface area contributed by atoms with Gasteiger partial charge in [0.15, 0.2) is 5.76 Å². The van der Waals surface area contributed by atoms with Crippen molar-refractivity contribution >= 4 is 17.6 Å². The fraction of sp³-hybridized carbons (Fsp3) is 0.0769.